The Bertz CT molecular complexity index is 540. The van der Waals surface area contributed by atoms with E-state index in [-0.39, 0.29) is 5.82 Å². The molecule has 0 aliphatic carbocycles. The van der Waals surface area contributed by atoms with Crippen molar-refractivity contribution in [2.24, 2.45) is 0 Å². The molecular formula is C13H14FIN2O. The van der Waals surface area contributed by atoms with Crippen molar-refractivity contribution in [3.05, 3.63) is 39.7 Å². The molecule has 0 aliphatic heterocycles. The Morgan fingerprint density at radius 3 is 2.89 bits per heavy atom. The number of aromatic nitrogens is 1. The summed E-state index contributed by atoms with van der Waals surface area (Å²) in [6.07, 6.45) is 1.67. The molecule has 0 fully saturated rings. The van der Waals surface area contributed by atoms with Crippen molar-refractivity contribution in [1.82, 2.24) is 10.3 Å². The fourth-order valence-electron chi connectivity index (χ4n) is 1.50. The minimum atomic E-state index is -0.246. The smallest absolute Gasteiger partial charge is 0.208 e. The fourth-order valence-corrected chi connectivity index (χ4v) is 2.24. The molecule has 0 radical (unpaired) electrons. The van der Waals surface area contributed by atoms with Crippen molar-refractivity contribution in [2.45, 2.75) is 26.4 Å². The first-order valence-corrected chi connectivity index (χ1v) is 6.77. The number of rotatable bonds is 4. The van der Waals surface area contributed by atoms with Crippen LogP contribution in [0.15, 0.2) is 28.8 Å². The van der Waals surface area contributed by atoms with E-state index >= 15 is 0 Å². The van der Waals surface area contributed by atoms with Crippen LogP contribution < -0.4 is 5.32 Å². The van der Waals surface area contributed by atoms with Crippen molar-refractivity contribution in [3.8, 4) is 11.3 Å². The Labute approximate surface area is 119 Å². The number of hydrogen-bond donors (Lipinski definition) is 1. The van der Waals surface area contributed by atoms with E-state index in [1.807, 2.05) is 0 Å². The average molecular weight is 360 g/mol. The van der Waals surface area contributed by atoms with Gasteiger partial charge in [0.15, 0.2) is 5.76 Å². The molecule has 96 valence electrons. The summed E-state index contributed by atoms with van der Waals surface area (Å²) in [5.74, 6) is 1.06. The molecule has 0 aliphatic rings. The third-order valence-electron chi connectivity index (χ3n) is 2.41. The van der Waals surface area contributed by atoms with Crippen LogP contribution in [0.1, 0.15) is 19.7 Å². The van der Waals surface area contributed by atoms with Gasteiger partial charge in [0.1, 0.15) is 5.82 Å². The van der Waals surface area contributed by atoms with Crippen LogP contribution in [0, 0.1) is 9.39 Å². The van der Waals surface area contributed by atoms with E-state index in [9.17, 15) is 4.39 Å². The van der Waals surface area contributed by atoms with Gasteiger partial charge >= 0.3 is 0 Å². The van der Waals surface area contributed by atoms with Gasteiger partial charge in [0.2, 0.25) is 5.89 Å². The molecule has 2 rings (SSSR count). The highest BCUT2D eigenvalue weighted by Gasteiger charge is 2.10. The van der Waals surface area contributed by atoms with Crippen molar-refractivity contribution < 1.29 is 8.81 Å². The molecule has 1 heterocycles. The Morgan fingerprint density at radius 2 is 2.22 bits per heavy atom. The average Bonchev–Trinajstić information content (AvgIpc) is 2.75. The van der Waals surface area contributed by atoms with Crippen molar-refractivity contribution >= 4 is 22.6 Å². The lowest BCUT2D eigenvalue weighted by Crippen LogP contribution is -2.21. The first-order valence-electron chi connectivity index (χ1n) is 5.70. The third kappa shape index (κ3) is 3.29. The van der Waals surface area contributed by atoms with Crippen molar-refractivity contribution in [3.63, 3.8) is 0 Å². The van der Waals surface area contributed by atoms with Crippen LogP contribution in [0.5, 0.6) is 0 Å². The standard InChI is InChI=1S/C13H14FIN2O/c1-8(2)16-7-13-17-6-12(18-13)10-4-3-9(14)5-11(10)15/h3-6,8,16H,7H2,1-2H3. The van der Waals surface area contributed by atoms with Crippen LogP contribution in [-0.4, -0.2) is 11.0 Å². The lowest BCUT2D eigenvalue weighted by Gasteiger charge is -2.04. The molecule has 1 N–H and O–H groups in total. The lowest BCUT2D eigenvalue weighted by atomic mass is 10.2. The largest absolute Gasteiger partial charge is 0.439 e. The number of oxazole rings is 1. The van der Waals surface area contributed by atoms with E-state index in [0.717, 1.165) is 9.13 Å². The minimum absolute atomic E-state index is 0.246. The summed E-state index contributed by atoms with van der Waals surface area (Å²) in [5, 5.41) is 3.23. The van der Waals surface area contributed by atoms with Gasteiger partial charge in [-0.05, 0) is 40.8 Å². The summed E-state index contributed by atoms with van der Waals surface area (Å²) in [4.78, 5) is 4.20. The number of nitrogens with one attached hydrogen (secondary N) is 1. The molecule has 0 saturated heterocycles. The summed E-state index contributed by atoms with van der Waals surface area (Å²) < 4.78 is 19.5. The molecular weight excluding hydrogens is 346 g/mol. The molecule has 1 aromatic heterocycles. The van der Waals surface area contributed by atoms with Gasteiger partial charge in [-0.25, -0.2) is 9.37 Å². The second-order valence-electron chi connectivity index (χ2n) is 4.28. The Kier molecular flexibility index (Phi) is 4.34. The van der Waals surface area contributed by atoms with Crippen LogP contribution >= 0.6 is 22.6 Å². The van der Waals surface area contributed by atoms with Gasteiger partial charge in [0.25, 0.3) is 0 Å². The van der Waals surface area contributed by atoms with Gasteiger partial charge in [-0.3, -0.25) is 0 Å². The van der Waals surface area contributed by atoms with Crippen LogP contribution in [-0.2, 0) is 6.54 Å². The monoisotopic (exact) mass is 360 g/mol. The van der Waals surface area contributed by atoms with Gasteiger partial charge in [-0.2, -0.15) is 0 Å². The van der Waals surface area contributed by atoms with Crippen LogP contribution in [0.25, 0.3) is 11.3 Å². The van der Waals surface area contributed by atoms with Gasteiger partial charge in [-0.15, -0.1) is 0 Å². The minimum Gasteiger partial charge on any atom is -0.439 e. The molecule has 3 nitrogen and oxygen atoms in total. The zero-order chi connectivity index (χ0) is 13.1. The number of hydrogen-bond acceptors (Lipinski definition) is 3. The summed E-state index contributed by atoms with van der Waals surface area (Å²) in [5.41, 5.74) is 0.861. The number of benzene rings is 1. The maximum absolute atomic E-state index is 13.0. The molecule has 5 heteroatoms. The van der Waals surface area contributed by atoms with E-state index in [4.69, 9.17) is 4.42 Å². The zero-order valence-corrected chi connectivity index (χ0v) is 12.4. The van der Waals surface area contributed by atoms with E-state index in [2.05, 4.69) is 46.7 Å². The Morgan fingerprint density at radius 1 is 1.44 bits per heavy atom. The van der Waals surface area contributed by atoms with Gasteiger partial charge < -0.3 is 9.73 Å². The summed E-state index contributed by atoms with van der Waals surface area (Å²) in [7, 11) is 0. The first kappa shape index (κ1) is 13.5. The number of nitrogens with zero attached hydrogens (tertiary/aromatic N) is 1. The molecule has 0 unspecified atom stereocenters. The summed E-state index contributed by atoms with van der Waals surface area (Å²) in [6, 6.07) is 4.99. The molecule has 1 aromatic carbocycles. The molecule has 0 atom stereocenters. The molecule has 2 aromatic rings. The highest BCUT2D eigenvalue weighted by atomic mass is 127. The summed E-state index contributed by atoms with van der Waals surface area (Å²) >= 11 is 2.09. The molecule has 0 amide bonds. The Hall–Kier alpha value is -0.950. The van der Waals surface area contributed by atoms with E-state index in [1.54, 1.807) is 12.3 Å². The number of halogens is 2. The summed E-state index contributed by atoms with van der Waals surface area (Å²) in [6.45, 7) is 4.72. The van der Waals surface area contributed by atoms with E-state index in [0.29, 0.717) is 24.2 Å². The quantitative estimate of drug-likeness (QED) is 0.847. The van der Waals surface area contributed by atoms with Gasteiger partial charge in [0.05, 0.1) is 12.7 Å². The van der Waals surface area contributed by atoms with Crippen molar-refractivity contribution in [1.29, 1.82) is 0 Å². The molecule has 18 heavy (non-hydrogen) atoms. The maximum atomic E-state index is 13.0. The first-order chi connectivity index (χ1) is 8.56. The van der Waals surface area contributed by atoms with Crippen LogP contribution in [0.3, 0.4) is 0 Å². The lowest BCUT2D eigenvalue weighted by molar-refractivity contribution is 0.459. The van der Waals surface area contributed by atoms with Gasteiger partial charge in [0, 0.05) is 15.2 Å². The second kappa shape index (κ2) is 5.79. The second-order valence-corrected chi connectivity index (χ2v) is 5.44. The van der Waals surface area contributed by atoms with Crippen LogP contribution in [0.2, 0.25) is 0 Å². The van der Waals surface area contributed by atoms with Gasteiger partial charge in [-0.1, -0.05) is 13.8 Å². The van der Waals surface area contributed by atoms with Crippen molar-refractivity contribution in [2.75, 3.05) is 0 Å². The molecule has 0 bridgehead atoms. The maximum Gasteiger partial charge on any atom is 0.208 e. The van der Waals surface area contributed by atoms with Crippen LogP contribution in [0.4, 0.5) is 4.39 Å². The van der Waals surface area contributed by atoms with E-state index in [1.165, 1.54) is 12.1 Å². The third-order valence-corrected chi connectivity index (χ3v) is 3.30. The fraction of sp³-hybridized carbons (Fsp3) is 0.308. The Balaban J connectivity index is 2.18. The SMILES string of the molecule is CC(C)NCc1ncc(-c2ccc(F)cc2I)o1. The highest BCUT2D eigenvalue weighted by Crippen LogP contribution is 2.26. The predicted molar refractivity (Wildman–Crippen MR) is 76.6 cm³/mol. The normalized spacial score (nSPS) is 11.2. The highest BCUT2D eigenvalue weighted by molar-refractivity contribution is 14.1. The van der Waals surface area contributed by atoms with E-state index < -0.39 is 0 Å². The molecule has 0 saturated carbocycles. The topological polar surface area (TPSA) is 38.1 Å². The predicted octanol–water partition coefficient (Wildman–Crippen LogP) is 3.58. The molecule has 0 spiro atoms. The zero-order valence-electron chi connectivity index (χ0n) is 10.2.